The number of carbonyl (C=O) groups is 3. The molecule has 1 unspecified atom stereocenters. The number of nitrogens with zero attached hydrogens (tertiary/aromatic N) is 4. The Morgan fingerprint density at radius 1 is 1.12 bits per heavy atom. The minimum atomic E-state index is -0.977. The second-order valence-corrected chi connectivity index (χ2v) is 11.6. The van der Waals surface area contributed by atoms with Gasteiger partial charge in [0, 0.05) is 48.3 Å². The summed E-state index contributed by atoms with van der Waals surface area (Å²) < 4.78 is 5.73. The van der Waals surface area contributed by atoms with E-state index in [2.05, 4.69) is 4.98 Å². The molecule has 0 spiro atoms. The first-order valence-corrected chi connectivity index (χ1v) is 14.8. The highest BCUT2D eigenvalue weighted by molar-refractivity contribution is 7.14. The number of aliphatic carboxylic acids is 1. The van der Waals surface area contributed by atoms with Gasteiger partial charge < -0.3 is 9.84 Å². The zero-order chi connectivity index (χ0) is 27.6. The average molecular weight is 561 g/mol. The number of carboxylic acids is 1. The number of hydrogen-bond acceptors (Lipinski definition) is 7. The van der Waals surface area contributed by atoms with Crippen LogP contribution in [0.2, 0.25) is 0 Å². The summed E-state index contributed by atoms with van der Waals surface area (Å²) in [7, 11) is 0. The Balaban J connectivity index is 1.26. The maximum absolute atomic E-state index is 13.8. The summed E-state index contributed by atoms with van der Waals surface area (Å²) >= 11 is 1.41. The van der Waals surface area contributed by atoms with Crippen molar-refractivity contribution in [2.24, 2.45) is 5.92 Å². The van der Waals surface area contributed by atoms with Crippen LogP contribution >= 0.6 is 11.3 Å². The monoisotopic (exact) mass is 560 g/mol. The van der Waals surface area contributed by atoms with Crippen LogP contribution in [0.5, 0.6) is 0 Å². The van der Waals surface area contributed by atoms with Crippen LogP contribution in [0.3, 0.4) is 0 Å². The Morgan fingerprint density at radius 3 is 2.60 bits per heavy atom. The number of carboxylic acid groups (broad SMARTS) is 1. The molecule has 6 rings (SSSR count). The first-order chi connectivity index (χ1) is 19.5. The van der Waals surface area contributed by atoms with Crippen molar-refractivity contribution in [1.82, 2.24) is 9.97 Å². The van der Waals surface area contributed by atoms with Crippen LogP contribution in [0.15, 0.2) is 48.0 Å². The molecule has 9 nitrogen and oxygen atoms in total. The van der Waals surface area contributed by atoms with Crippen LogP contribution in [0.1, 0.15) is 51.4 Å². The fraction of sp³-hybridized carbons (Fsp3) is 0.433. The van der Waals surface area contributed by atoms with Gasteiger partial charge in [-0.05, 0) is 56.2 Å². The van der Waals surface area contributed by atoms with Crippen molar-refractivity contribution in [3.8, 4) is 22.4 Å². The zero-order valence-corrected chi connectivity index (χ0v) is 23.0. The molecule has 1 saturated carbocycles. The molecule has 1 N–H and O–H groups in total. The third-order valence-corrected chi connectivity index (χ3v) is 8.64. The molecule has 2 aromatic heterocycles. The highest BCUT2D eigenvalue weighted by Crippen LogP contribution is 2.40. The quantitative estimate of drug-likeness (QED) is 0.365. The SMILES string of the molecule is O=C(O)CC(C[C@H]1CCCO1)C(=O)N(c1nc(-c2ccccc2-c2ccc(N3CCCC3=O)nc2)cs1)C1CC1. The molecule has 0 radical (unpaired) electrons. The average Bonchev–Trinajstić information content (AvgIpc) is 3.30. The van der Waals surface area contributed by atoms with Crippen LogP contribution in [0.4, 0.5) is 10.9 Å². The normalized spacial score (nSPS) is 19.6. The Morgan fingerprint density at radius 2 is 1.95 bits per heavy atom. The Kier molecular flexibility index (Phi) is 7.62. The summed E-state index contributed by atoms with van der Waals surface area (Å²) in [6.45, 7) is 1.36. The van der Waals surface area contributed by atoms with Crippen LogP contribution in [-0.4, -0.2) is 58.2 Å². The van der Waals surface area contributed by atoms with Crippen LogP contribution < -0.4 is 9.80 Å². The number of aromatic nitrogens is 2. The molecule has 2 aliphatic heterocycles. The summed E-state index contributed by atoms with van der Waals surface area (Å²) in [5.41, 5.74) is 3.54. The third kappa shape index (κ3) is 5.64. The minimum Gasteiger partial charge on any atom is -0.481 e. The van der Waals surface area contributed by atoms with Crippen molar-refractivity contribution in [2.45, 2.75) is 63.5 Å². The van der Waals surface area contributed by atoms with E-state index in [1.54, 1.807) is 16.0 Å². The van der Waals surface area contributed by atoms with E-state index in [4.69, 9.17) is 9.72 Å². The maximum Gasteiger partial charge on any atom is 0.304 e. The van der Waals surface area contributed by atoms with Crippen molar-refractivity contribution >= 4 is 40.1 Å². The number of carbonyl (C=O) groups excluding carboxylic acids is 2. The molecular formula is C30H32N4O5S. The predicted octanol–water partition coefficient (Wildman–Crippen LogP) is 5.15. The van der Waals surface area contributed by atoms with E-state index in [0.717, 1.165) is 54.5 Å². The van der Waals surface area contributed by atoms with E-state index in [9.17, 15) is 19.5 Å². The van der Waals surface area contributed by atoms with Gasteiger partial charge in [0.25, 0.3) is 0 Å². The number of hydrogen-bond donors (Lipinski definition) is 1. The number of thiazole rings is 1. The number of rotatable bonds is 10. The fourth-order valence-corrected chi connectivity index (χ4v) is 6.54. The lowest BCUT2D eigenvalue weighted by Crippen LogP contribution is -2.40. The first kappa shape index (κ1) is 26.6. The number of pyridine rings is 1. The molecule has 2 amide bonds. The topological polar surface area (TPSA) is 113 Å². The van der Waals surface area contributed by atoms with Crippen molar-refractivity contribution in [3.05, 3.63) is 48.0 Å². The first-order valence-electron chi connectivity index (χ1n) is 14.0. The van der Waals surface area contributed by atoms with Crippen molar-refractivity contribution in [2.75, 3.05) is 23.0 Å². The molecule has 1 aromatic carbocycles. The summed E-state index contributed by atoms with van der Waals surface area (Å²) in [5, 5.41) is 12.1. The molecular weight excluding hydrogens is 528 g/mol. The molecule has 2 atom stereocenters. The highest BCUT2D eigenvalue weighted by atomic mass is 32.1. The lowest BCUT2D eigenvalue weighted by molar-refractivity contribution is -0.141. The lowest BCUT2D eigenvalue weighted by Gasteiger charge is -2.26. The van der Waals surface area contributed by atoms with E-state index < -0.39 is 11.9 Å². The van der Waals surface area contributed by atoms with E-state index in [-0.39, 0.29) is 30.4 Å². The third-order valence-electron chi connectivity index (χ3n) is 7.80. The minimum absolute atomic E-state index is 0.0487. The Bertz CT molecular complexity index is 1400. The molecule has 3 aliphatic rings. The van der Waals surface area contributed by atoms with Crippen molar-refractivity contribution in [1.29, 1.82) is 0 Å². The molecule has 3 aromatic rings. The molecule has 3 fully saturated rings. The summed E-state index contributed by atoms with van der Waals surface area (Å²) in [5.74, 6) is -1.03. The van der Waals surface area contributed by atoms with Gasteiger partial charge in [0.2, 0.25) is 11.8 Å². The standard InChI is InChI=1S/C30H32N4O5S/c35-27-8-3-13-33(27)26-12-9-19(17-31-26)23-6-1-2-7-24(23)25-18-40-30(32-25)34(21-10-11-21)29(38)20(16-28(36)37)15-22-5-4-14-39-22/h1-2,6-7,9,12,17-18,20-22H,3-5,8,10-11,13-16H2,(H,36,37)/t20?,22-/m1/s1. The maximum atomic E-state index is 13.8. The lowest BCUT2D eigenvalue weighted by atomic mass is 9.95. The van der Waals surface area contributed by atoms with Crippen LogP contribution in [-0.2, 0) is 19.1 Å². The Labute approximate surface area is 236 Å². The molecule has 10 heteroatoms. The largest absolute Gasteiger partial charge is 0.481 e. The van der Waals surface area contributed by atoms with Crippen LogP contribution in [0, 0.1) is 5.92 Å². The number of benzene rings is 1. The smallest absolute Gasteiger partial charge is 0.304 e. The van der Waals surface area contributed by atoms with Gasteiger partial charge in [-0.25, -0.2) is 9.97 Å². The van der Waals surface area contributed by atoms with Gasteiger partial charge in [-0.3, -0.25) is 24.2 Å². The van der Waals surface area contributed by atoms with Gasteiger partial charge in [0.05, 0.1) is 24.1 Å². The van der Waals surface area contributed by atoms with Crippen molar-refractivity contribution < 1.29 is 24.2 Å². The van der Waals surface area contributed by atoms with Gasteiger partial charge in [-0.2, -0.15) is 0 Å². The van der Waals surface area contributed by atoms with Gasteiger partial charge in [-0.15, -0.1) is 11.3 Å². The number of anilines is 2. The molecule has 4 heterocycles. The highest BCUT2D eigenvalue weighted by Gasteiger charge is 2.40. The van der Waals surface area contributed by atoms with E-state index >= 15 is 0 Å². The van der Waals surface area contributed by atoms with Gasteiger partial charge >= 0.3 is 5.97 Å². The number of ether oxygens (including phenoxy) is 1. The van der Waals surface area contributed by atoms with Gasteiger partial charge in [0.15, 0.2) is 5.13 Å². The van der Waals surface area contributed by atoms with Gasteiger partial charge in [0.1, 0.15) is 5.82 Å². The second kappa shape index (κ2) is 11.5. The van der Waals surface area contributed by atoms with E-state index in [1.807, 2.05) is 41.8 Å². The molecule has 1 aliphatic carbocycles. The summed E-state index contributed by atoms with van der Waals surface area (Å²) in [4.78, 5) is 50.5. The van der Waals surface area contributed by atoms with Gasteiger partial charge in [-0.1, -0.05) is 24.3 Å². The predicted molar refractivity (Wildman–Crippen MR) is 152 cm³/mol. The fourth-order valence-electron chi connectivity index (χ4n) is 5.64. The second-order valence-electron chi connectivity index (χ2n) is 10.7. The van der Waals surface area contributed by atoms with Crippen molar-refractivity contribution in [3.63, 3.8) is 0 Å². The molecule has 2 saturated heterocycles. The summed E-state index contributed by atoms with van der Waals surface area (Å²) in [6, 6.07) is 11.8. The van der Waals surface area contributed by atoms with E-state index in [0.29, 0.717) is 36.9 Å². The van der Waals surface area contributed by atoms with Crippen LogP contribution in [0.25, 0.3) is 22.4 Å². The molecule has 208 valence electrons. The van der Waals surface area contributed by atoms with E-state index in [1.165, 1.54) is 11.3 Å². The molecule has 0 bridgehead atoms. The zero-order valence-electron chi connectivity index (χ0n) is 22.2. The number of amides is 2. The molecule has 40 heavy (non-hydrogen) atoms. The summed E-state index contributed by atoms with van der Waals surface area (Å²) in [6.07, 6.45) is 6.89. The Hall–Kier alpha value is -3.63.